The number of benzene rings is 4. The normalized spacial score (nSPS) is 14.1. The summed E-state index contributed by atoms with van der Waals surface area (Å²) in [5.41, 5.74) is 9.38. The Balaban J connectivity index is 1.49. The fourth-order valence-corrected chi connectivity index (χ4v) is 6.22. The van der Waals surface area contributed by atoms with E-state index >= 15 is 0 Å². The number of carbonyl (C=O) groups is 2. The van der Waals surface area contributed by atoms with E-state index in [1.54, 1.807) is 0 Å². The van der Waals surface area contributed by atoms with Gasteiger partial charge in [0.1, 0.15) is 0 Å². The molecule has 0 spiro atoms. The highest BCUT2D eigenvalue weighted by atomic mass is 16.5. The minimum absolute atomic E-state index is 0.180. The van der Waals surface area contributed by atoms with Crippen molar-refractivity contribution in [3.05, 3.63) is 156 Å². The molecule has 1 aliphatic carbocycles. The van der Waals surface area contributed by atoms with Crippen LogP contribution in [0.25, 0.3) is 11.1 Å². The molecule has 0 amide bonds. The fraction of sp³-hybridized carbons (Fsp3) is 0.231. The number of hydrogen-bond donors (Lipinski definition) is 0. The third kappa shape index (κ3) is 6.10. The standard InChI is InChI=1S/C39H38O4/c1-5-37(40)42-27(3)15-17-29-19-23-31(24-20-29)39(35-13-9-7-11-33(35)34-12-8-10-14-36(34)39)32-25-21-30(22-26-32)18-16-28(4)43-38(41)6-2/h5-14,19-28H,1-2,15-18H2,3-4H3. The molecule has 0 saturated heterocycles. The molecule has 1 aliphatic rings. The van der Waals surface area contributed by atoms with Crippen LogP contribution >= 0.6 is 0 Å². The first-order valence-corrected chi connectivity index (χ1v) is 14.9. The van der Waals surface area contributed by atoms with E-state index in [9.17, 15) is 9.59 Å². The molecule has 0 fully saturated rings. The summed E-state index contributed by atoms with van der Waals surface area (Å²) in [6.45, 7) is 10.8. The first-order valence-electron chi connectivity index (χ1n) is 14.9. The Morgan fingerprint density at radius 2 is 1.00 bits per heavy atom. The van der Waals surface area contributed by atoms with E-state index in [2.05, 4.69) is 110 Å². The maximum absolute atomic E-state index is 11.6. The summed E-state index contributed by atoms with van der Waals surface area (Å²) in [6.07, 6.45) is 5.14. The highest BCUT2D eigenvalue weighted by molar-refractivity contribution is 5.86. The summed E-state index contributed by atoms with van der Waals surface area (Å²) in [5, 5.41) is 0. The van der Waals surface area contributed by atoms with Gasteiger partial charge in [-0.3, -0.25) is 0 Å². The topological polar surface area (TPSA) is 52.6 Å². The van der Waals surface area contributed by atoms with E-state index in [-0.39, 0.29) is 24.1 Å². The summed E-state index contributed by atoms with van der Waals surface area (Å²) in [6, 6.07) is 35.2. The lowest BCUT2D eigenvalue weighted by Gasteiger charge is -2.34. The van der Waals surface area contributed by atoms with Gasteiger partial charge in [0.2, 0.25) is 0 Å². The van der Waals surface area contributed by atoms with Crippen LogP contribution in [-0.4, -0.2) is 24.1 Å². The van der Waals surface area contributed by atoms with Crippen molar-refractivity contribution >= 4 is 11.9 Å². The molecule has 0 heterocycles. The van der Waals surface area contributed by atoms with Crippen molar-refractivity contribution in [2.45, 2.75) is 57.2 Å². The van der Waals surface area contributed by atoms with Gasteiger partial charge < -0.3 is 9.47 Å². The minimum atomic E-state index is -0.468. The first-order chi connectivity index (χ1) is 20.9. The Hall–Kier alpha value is -4.70. The molecule has 4 aromatic carbocycles. The van der Waals surface area contributed by atoms with Crippen molar-refractivity contribution in [2.75, 3.05) is 0 Å². The van der Waals surface area contributed by atoms with Crippen LogP contribution in [-0.2, 0) is 37.3 Å². The number of aryl methyl sites for hydroxylation is 2. The lowest BCUT2D eigenvalue weighted by Crippen LogP contribution is -2.28. The van der Waals surface area contributed by atoms with Crippen molar-refractivity contribution < 1.29 is 19.1 Å². The van der Waals surface area contributed by atoms with Gasteiger partial charge in [0.05, 0.1) is 17.6 Å². The zero-order valence-electron chi connectivity index (χ0n) is 24.9. The highest BCUT2D eigenvalue weighted by Gasteiger charge is 2.45. The zero-order chi connectivity index (χ0) is 30.4. The third-order valence-electron chi connectivity index (χ3n) is 8.37. The van der Waals surface area contributed by atoms with Crippen LogP contribution in [0.4, 0.5) is 0 Å². The Morgan fingerprint density at radius 3 is 1.37 bits per heavy atom. The molecule has 0 bridgehead atoms. The van der Waals surface area contributed by atoms with Crippen LogP contribution in [0.15, 0.2) is 122 Å². The summed E-state index contributed by atoms with van der Waals surface area (Å²) in [4.78, 5) is 23.1. The average Bonchev–Trinajstić information content (AvgIpc) is 3.34. The minimum Gasteiger partial charge on any atom is -0.460 e. The molecule has 0 aliphatic heterocycles. The maximum atomic E-state index is 11.6. The number of ether oxygens (including phenoxy) is 2. The van der Waals surface area contributed by atoms with Gasteiger partial charge in [-0.1, -0.05) is 110 Å². The van der Waals surface area contributed by atoms with E-state index in [1.807, 2.05) is 13.8 Å². The van der Waals surface area contributed by atoms with Gasteiger partial charge in [-0.15, -0.1) is 0 Å². The van der Waals surface area contributed by atoms with Gasteiger partial charge in [0.25, 0.3) is 0 Å². The molecule has 0 radical (unpaired) electrons. The molecule has 43 heavy (non-hydrogen) atoms. The second-order valence-corrected chi connectivity index (χ2v) is 11.2. The number of esters is 2. The smallest absolute Gasteiger partial charge is 0.330 e. The number of rotatable bonds is 12. The summed E-state index contributed by atoms with van der Waals surface area (Å²) >= 11 is 0. The van der Waals surface area contributed by atoms with Crippen LogP contribution in [0.5, 0.6) is 0 Å². The van der Waals surface area contributed by atoms with Gasteiger partial charge in [-0.05, 0) is 84.0 Å². The summed E-state index contributed by atoms with van der Waals surface area (Å²) in [5.74, 6) is -0.778. The molecule has 4 nitrogen and oxygen atoms in total. The van der Waals surface area contributed by atoms with E-state index in [4.69, 9.17) is 9.47 Å². The Kier molecular flexibility index (Phi) is 9.06. The van der Waals surface area contributed by atoms with E-state index < -0.39 is 5.41 Å². The Labute approximate surface area is 254 Å². The predicted octanol–water partition coefficient (Wildman–Crippen LogP) is 8.15. The van der Waals surface area contributed by atoms with Crippen LogP contribution in [0, 0.1) is 0 Å². The molecular formula is C39H38O4. The van der Waals surface area contributed by atoms with Crippen molar-refractivity contribution in [1.29, 1.82) is 0 Å². The molecule has 0 aromatic heterocycles. The van der Waals surface area contributed by atoms with Gasteiger partial charge >= 0.3 is 11.9 Å². The molecule has 4 aromatic rings. The van der Waals surface area contributed by atoms with Crippen molar-refractivity contribution in [3.8, 4) is 11.1 Å². The predicted molar refractivity (Wildman–Crippen MR) is 172 cm³/mol. The second kappa shape index (κ2) is 13.1. The third-order valence-corrected chi connectivity index (χ3v) is 8.37. The molecule has 4 heteroatoms. The highest BCUT2D eigenvalue weighted by Crippen LogP contribution is 2.55. The second-order valence-electron chi connectivity index (χ2n) is 11.2. The van der Waals surface area contributed by atoms with E-state index in [0.717, 1.165) is 25.7 Å². The first kappa shape index (κ1) is 29.8. The molecule has 2 unspecified atom stereocenters. The molecular weight excluding hydrogens is 532 g/mol. The van der Waals surface area contributed by atoms with Crippen LogP contribution in [0.2, 0.25) is 0 Å². The van der Waals surface area contributed by atoms with Crippen LogP contribution < -0.4 is 0 Å². The number of carbonyl (C=O) groups excluding carboxylic acids is 2. The molecule has 0 N–H and O–H groups in total. The van der Waals surface area contributed by atoms with E-state index in [0.29, 0.717) is 0 Å². The van der Waals surface area contributed by atoms with Crippen molar-refractivity contribution in [3.63, 3.8) is 0 Å². The molecule has 218 valence electrons. The van der Waals surface area contributed by atoms with Crippen LogP contribution in [0.1, 0.15) is 60.1 Å². The molecule has 0 saturated carbocycles. The van der Waals surface area contributed by atoms with Crippen LogP contribution in [0.3, 0.4) is 0 Å². The maximum Gasteiger partial charge on any atom is 0.330 e. The van der Waals surface area contributed by atoms with Gasteiger partial charge in [-0.25, -0.2) is 9.59 Å². The van der Waals surface area contributed by atoms with Gasteiger partial charge in [-0.2, -0.15) is 0 Å². The molecule has 2 atom stereocenters. The van der Waals surface area contributed by atoms with Crippen molar-refractivity contribution in [2.24, 2.45) is 0 Å². The van der Waals surface area contributed by atoms with E-state index in [1.165, 1.54) is 56.7 Å². The van der Waals surface area contributed by atoms with Crippen molar-refractivity contribution in [1.82, 2.24) is 0 Å². The Morgan fingerprint density at radius 1 is 0.628 bits per heavy atom. The lowest BCUT2D eigenvalue weighted by atomic mass is 9.67. The largest absolute Gasteiger partial charge is 0.460 e. The zero-order valence-corrected chi connectivity index (χ0v) is 24.9. The van der Waals surface area contributed by atoms with Gasteiger partial charge in [0.15, 0.2) is 0 Å². The summed E-state index contributed by atoms with van der Waals surface area (Å²) < 4.78 is 10.7. The summed E-state index contributed by atoms with van der Waals surface area (Å²) in [7, 11) is 0. The van der Waals surface area contributed by atoms with Gasteiger partial charge in [0, 0.05) is 12.2 Å². The molecule has 5 rings (SSSR count). The lowest BCUT2D eigenvalue weighted by molar-refractivity contribution is -0.143. The quantitative estimate of drug-likeness (QED) is 0.112. The average molecular weight is 571 g/mol. The number of hydrogen-bond acceptors (Lipinski definition) is 4. The fourth-order valence-electron chi connectivity index (χ4n) is 6.22. The Bertz CT molecular complexity index is 1490. The number of fused-ring (bicyclic) bond motifs is 3. The monoisotopic (exact) mass is 570 g/mol. The SMILES string of the molecule is C=CC(=O)OC(C)CCc1ccc(C2(c3ccc(CCC(C)OC(=O)C=C)cc3)c3ccccc3-c3ccccc32)cc1.